The highest BCUT2D eigenvalue weighted by molar-refractivity contribution is 7.89. The van der Waals surface area contributed by atoms with Gasteiger partial charge in [0.15, 0.2) is 0 Å². The fourth-order valence-corrected chi connectivity index (χ4v) is 3.13. The van der Waals surface area contributed by atoms with Crippen LogP contribution >= 0.6 is 11.6 Å². The van der Waals surface area contributed by atoms with Crippen LogP contribution in [0.1, 0.15) is 6.92 Å². The minimum atomic E-state index is -3.69. The van der Waals surface area contributed by atoms with E-state index < -0.39 is 10.0 Å². The molecule has 1 atom stereocenters. The van der Waals surface area contributed by atoms with Gasteiger partial charge in [-0.25, -0.2) is 13.1 Å². The summed E-state index contributed by atoms with van der Waals surface area (Å²) >= 11 is 5.81. The zero-order valence-corrected chi connectivity index (χ0v) is 12.0. The maximum atomic E-state index is 12.1. The van der Waals surface area contributed by atoms with E-state index in [1.807, 2.05) is 0 Å². The van der Waals surface area contributed by atoms with Gasteiger partial charge in [0.2, 0.25) is 10.0 Å². The molecule has 7 heteroatoms. The number of hydrogen-bond acceptors (Lipinski definition) is 4. The number of benzene rings is 1. The van der Waals surface area contributed by atoms with Crippen molar-refractivity contribution in [2.75, 3.05) is 20.8 Å². The van der Waals surface area contributed by atoms with Crippen molar-refractivity contribution >= 4 is 21.6 Å². The number of sulfonamides is 1. The minimum Gasteiger partial charge on any atom is -0.495 e. The van der Waals surface area contributed by atoms with Crippen LogP contribution in [0.5, 0.6) is 5.75 Å². The van der Waals surface area contributed by atoms with Crippen molar-refractivity contribution in [2.45, 2.75) is 17.9 Å². The molecule has 0 aromatic heterocycles. The summed E-state index contributed by atoms with van der Waals surface area (Å²) in [5.74, 6) is 0.247. The van der Waals surface area contributed by atoms with E-state index in [9.17, 15) is 8.42 Å². The standard InChI is InChI=1S/C11H16ClNO4S/c1-8(7-16-2)13-18(14,15)11-6-9(12)4-5-10(11)17-3/h4-6,8,13H,7H2,1-3H3/t8-/m0/s1. The smallest absolute Gasteiger partial charge is 0.244 e. The molecule has 0 saturated heterocycles. The summed E-state index contributed by atoms with van der Waals surface area (Å²) in [5, 5.41) is 0.329. The Hall–Kier alpha value is -0.820. The minimum absolute atomic E-state index is 0.0143. The van der Waals surface area contributed by atoms with E-state index in [2.05, 4.69) is 4.72 Å². The van der Waals surface area contributed by atoms with Crippen molar-refractivity contribution in [3.63, 3.8) is 0 Å². The highest BCUT2D eigenvalue weighted by Crippen LogP contribution is 2.26. The largest absolute Gasteiger partial charge is 0.495 e. The molecule has 18 heavy (non-hydrogen) atoms. The first kappa shape index (κ1) is 15.2. The summed E-state index contributed by atoms with van der Waals surface area (Å²) in [6.45, 7) is 1.99. The van der Waals surface area contributed by atoms with E-state index in [-0.39, 0.29) is 23.3 Å². The topological polar surface area (TPSA) is 64.6 Å². The van der Waals surface area contributed by atoms with Crippen LogP contribution in [0.25, 0.3) is 0 Å². The molecule has 0 aliphatic heterocycles. The molecular formula is C11H16ClNO4S. The molecule has 1 aromatic rings. The monoisotopic (exact) mass is 293 g/mol. The molecule has 102 valence electrons. The molecule has 0 radical (unpaired) electrons. The summed E-state index contributed by atoms with van der Waals surface area (Å²) in [4.78, 5) is 0.0143. The average Bonchev–Trinajstić information content (AvgIpc) is 2.28. The first-order chi connectivity index (χ1) is 8.40. The molecule has 0 fully saturated rings. The van der Waals surface area contributed by atoms with E-state index in [0.29, 0.717) is 5.02 Å². The van der Waals surface area contributed by atoms with E-state index in [0.717, 1.165) is 0 Å². The van der Waals surface area contributed by atoms with Crippen molar-refractivity contribution in [3.8, 4) is 5.75 Å². The van der Waals surface area contributed by atoms with E-state index in [1.54, 1.807) is 13.0 Å². The lowest BCUT2D eigenvalue weighted by atomic mass is 10.3. The van der Waals surface area contributed by atoms with Crippen LogP contribution in [0, 0.1) is 0 Å². The Morgan fingerprint density at radius 1 is 1.39 bits per heavy atom. The molecule has 0 spiro atoms. The Balaban J connectivity index is 3.07. The van der Waals surface area contributed by atoms with Crippen LogP contribution in [-0.2, 0) is 14.8 Å². The fourth-order valence-electron chi connectivity index (χ4n) is 1.47. The first-order valence-corrected chi connectivity index (χ1v) is 7.11. The first-order valence-electron chi connectivity index (χ1n) is 5.25. The predicted molar refractivity (Wildman–Crippen MR) is 69.7 cm³/mol. The Kier molecular flexibility index (Phi) is 5.40. The summed E-state index contributed by atoms with van der Waals surface area (Å²) < 4.78 is 36.7. The third kappa shape index (κ3) is 3.84. The molecule has 0 aliphatic carbocycles. The maximum Gasteiger partial charge on any atom is 0.244 e. The molecule has 1 rings (SSSR count). The van der Waals surface area contributed by atoms with Gasteiger partial charge in [-0.1, -0.05) is 11.6 Å². The lowest BCUT2D eigenvalue weighted by molar-refractivity contribution is 0.180. The Labute approximate surface area is 112 Å². The highest BCUT2D eigenvalue weighted by Gasteiger charge is 2.22. The van der Waals surface area contributed by atoms with Crippen molar-refractivity contribution in [1.82, 2.24) is 4.72 Å². The van der Waals surface area contributed by atoms with Crippen LogP contribution in [0.3, 0.4) is 0 Å². The second-order valence-corrected chi connectivity index (χ2v) is 5.89. The third-order valence-corrected chi connectivity index (χ3v) is 4.03. The van der Waals surface area contributed by atoms with Gasteiger partial charge in [0.1, 0.15) is 10.6 Å². The molecule has 1 N–H and O–H groups in total. The quantitative estimate of drug-likeness (QED) is 0.866. The lowest BCUT2D eigenvalue weighted by Crippen LogP contribution is -2.35. The van der Waals surface area contributed by atoms with Crippen molar-refractivity contribution in [2.24, 2.45) is 0 Å². The zero-order valence-electron chi connectivity index (χ0n) is 10.4. The van der Waals surface area contributed by atoms with E-state index in [4.69, 9.17) is 21.1 Å². The maximum absolute atomic E-state index is 12.1. The summed E-state index contributed by atoms with van der Waals surface area (Å²) in [6, 6.07) is 4.08. The second kappa shape index (κ2) is 6.38. The molecule has 0 unspecified atom stereocenters. The Bertz CT molecular complexity index is 504. The van der Waals surface area contributed by atoms with Gasteiger partial charge in [0, 0.05) is 18.2 Å². The van der Waals surface area contributed by atoms with Crippen molar-refractivity contribution < 1.29 is 17.9 Å². The summed E-state index contributed by atoms with van der Waals surface area (Å²) in [5.41, 5.74) is 0. The molecule has 0 bridgehead atoms. The van der Waals surface area contributed by atoms with Gasteiger partial charge in [-0.3, -0.25) is 0 Å². The van der Waals surface area contributed by atoms with Crippen LogP contribution in [0.2, 0.25) is 5.02 Å². The lowest BCUT2D eigenvalue weighted by Gasteiger charge is -2.15. The fraction of sp³-hybridized carbons (Fsp3) is 0.455. The van der Waals surface area contributed by atoms with Gasteiger partial charge in [0.25, 0.3) is 0 Å². The zero-order chi connectivity index (χ0) is 13.8. The van der Waals surface area contributed by atoms with Crippen molar-refractivity contribution in [1.29, 1.82) is 0 Å². The van der Waals surface area contributed by atoms with Crippen LogP contribution in [0.4, 0.5) is 0 Å². The number of halogens is 1. The molecule has 0 amide bonds. The van der Waals surface area contributed by atoms with E-state index in [1.165, 1.54) is 26.4 Å². The predicted octanol–water partition coefficient (Wildman–Crippen LogP) is 1.66. The Morgan fingerprint density at radius 3 is 2.61 bits per heavy atom. The van der Waals surface area contributed by atoms with Crippen LogP contribution in [-0.4, -0.2) is 35.3 Å². The van der Waals surface area contributed by atoms with E-state index >= 15 is 0 Å². The third-order valence-electron chi connectivity index (χ3n) is 2.19. The van der Waals surface area contributed by atoms with Gasteiger partial charge in [0.05, 0.1) is 13.7 Å². The Morgan fingerprint density at radius 2 is 2.06 bits per heavy atom. The number of ether oxygens (including phenoxy) is 2. The van der Waals surface area contributed by atoms with Gasteiger partial charge in [-0.05, 0) is 25.1 Å². The number of hydrogen-bond donors (Lipinski definition) is 1. The van der Waals surface area contributed by atoms with Gasteiger partial charge in [-0.15, -0.1) is 0 Å². The highest BCUT2D eigenvalue weighted by atomic mass is 35.5. The molecule has 0 saturated carbocycles. The summed E-state index contributed by atoms with van der Waals surface area (Å²) in [7, 11) is -0.778. The van der Waals surface area contributed by atoms with Crippen LogP contribution in [0.15, 0.2) is 23.1 Å². The van der Waals surface area contributed by atoms with Gasteiger partial charge >= 0.3 is 0 Å². The molecule has 1 aromatic carbocycles. The second-order valence-electron chi connectivity index (χ2n) is 3.77. The normalized spacial score (nSPS) is 13.3. The molecule has 5 nitrogen and oxygen atoms in total. The molecule has 0 heterocycles. The SMILES string of the molecule is COC[C@H](C)NS(=O)(=O)c1cc(Cl)ccc1OC. The number of methoxy groups -OCH3 is 2. The van der Waals surface area contributed by atoms with Crippen molar-refractivity contribution in [3.05, 3.63) is 23.2 Å². The average molecular weight is 294 g/mol. The summed E-state index contributed by atoms with van der Waals surface area (Å²) in [6.07, 6.45) is 0. The molecular weight excluding hydrogens is 278 g/mol. The van der Waals surface area contributed by atoms with Gasteiger partial charge in [-0.2, -0.15) is 0 Å². The number of rotatable bonds is 6. The van der Waals surface area contributed by atoms with Crippen LogP contribution < -0.4 is 9.46 Å². The number of nitrogens with one attached hydrogen (secondary N) is 1. The van der Waals surface area contributed by atoms with Gasteiger partial charge < -0.3 is 9.47 Å². The molecule has 0 aliphatic rings.